The highest BCUT2D eigenvalue weighted by molar-refractivity contribution is 6.33. The van der Waals surface area contributed by atoms with Crippen LogP contribution in [0.15, 0.2) is 53.1 Å². The molecule has 1 N–H and O–H groups in total. The van der Waals surface area contributed by atoms with Crippen molar-refractivity contribution in [2.75, 3.05) is 33.4 Å². The van der Waals surface area contributed by atoms with E-state index in [0.29, 0.717) is 47.7 Å². The van der Waals surface area contributed by atoms with Crippen molar-refractivity contribution in [2.45, 2.75) is 33.2 Å². The van der Waals surface area contributed by atoms with Crippen LogP contribution in [0.25, 0.3) is 11.3 Å². The number of nitrogens with zero attached hydrogens (tertiary/aromatic N) is 2. The molecule has 182 valence electrons. The Kier molecular flexibility index (Phi) is 9.79. The van der Waals surface area contributed by atoms with Crippen molar-refractivity contribution in [3.8, 4) is 22.8 Å². The zero-order valence-electron chi connectivity index (χ0n) is 20.0. The Morgan fingerprint density at radius 3 is 2.68 bits per heavy atom. The van der Waals surface area contributed by atoms with Crippen molar-refractivity contribution in [3.63, 3.8) is 0 Å². The summed E-state index contributed by atoms with van der Waals surface area (Å²) in [6, 6.07) is 13.1. The summed E-state index contributed by atoms with van der Waals surface area (Å²) in [5, 5.41) is 3.52. The minimum atomic E-state index is -0.0870. The number of ether oxygens (including phenoxy) is 2. The highest BCUT2D eigenvalue weighted by Crippen LogP contribution is 2.29. The van der Waals surface area contributed by atoms with E-state index < -0.39 is 0 Å². The highest BCUT2D eigenvalue weighted by Gasteiger charge is 2.12. The van der Waals surface area contributed by atoms with Crippen molar-refractivity contribution in [2.24, 2.45) is 0 Å². The standard InChI is InChI=1S/C26H32ClN3O4/c1-4-30(5-2)14-15-33-22-11-10-19(16-23(22)32-3)17-28-25(31)12-13-26-29-18-24(34-26)20-8-6-7-9-21(20)27/h6-11,16,18H,4-5,12-15,17H2,1-3H3,(H,28,31). The van der Waals surface area contributed by atoms with Crippen LogP contribution in [0.5, 0.6) is 11.5 Å². The number of aryl methyl sites for hydroxylation is 1. The molecule has 0 spiro atoms. The van der Waals surface area contributed by atoms with E-state index in [2.05, 4.69) is 29.0 Å². The maximum Gasteiger partial charge on any atom is 0.220 e. The maximum absolute atomic E-state index is 12.3. The summed E-state index contributed by atoms with van der Waals surface area (Å²) < 4.78 is 17.1. The van der Waals surface area contributed by atoms with E-state index in [4.69, 9.17) is 25.5 Å². The molecule has 2 aromatic carbocycles. The zero-order valence-corrected chi connectivity index (χ0v) is 20.7. The van der Waals surface area contributed by atoms with Gasteiger partial charge in [0, 0.05) is 31.5 Å². The SMILES string of the molecule is CCN(CC)CCOc1ccc(CNC(=O)CCc2ncc(-c3ccccc3Cl)o2)cc1OC. The number of oxazole rings is 1. The molecule has 0 radical (unpaired) electrons. The van der Waals surface area contributed by atoms with Crippen LogP contribution in [0.3, 0.4) is 0 Å². The number of hydrogen-bond donors (Lipinski definition) is 1. The quantitative estimate of drug-likeness (QED) is 0.368. The zero-order chi connectivity index (χ0) is 24.3. The fraction of sp³-hybridized carbons (Fsp3) is 0.385. The van der Waals surface area contributed by atoms with E-state index in [1.54, 1.807) is 19.4 Å². The second-order valence-electron chi connectivity index (χ2n) is 7.74. The van der Waals surface area contributed by atoms with Gasteiger partial charge in [-0.05, 0) is 42.9 Å². The summed E-state index contributed by atoms with van der Waals surface area (Å²) in [4.78, 5) is 18.9. The van der Waals surface area contributed by atoms with E-state index in [0.717, 1.165) is 30.8 Å². The molecular formula is C26H32ClN3O4. The first kappa shape index (κ1) is 25.6. The number of likely N-dealkylation sites (N-methyl/N-ethyl adjacent to an activating group) is 1. The number of methoxy groups -OCH3 is 1. The van der Waals surface area contributed by atoms with Crippen LogP contribution in [0.4, 0.5) is 0 Å². The number of carbonyl (C=O) groups is 1. The Morgan fingerprint density at radius 1 is 1.15 bits per heavy atom. The largest absolute Gasteiger partial charge is 0.493 e. The van der Waals surface area contributed by atoms with Crippen molar-refractivity contribution in [1.82, 2.24) is 15.2 Å². The summed E-state index contributed by atoms with van der Waals surface area (Å²) in [5.41, 5.74) is 1.71. The van der Waals surface area contributed by atoms with Gasteiger partial charge in [-0.25, -0.2) is 4.98 Å². The molecule has 8 heteroatoms. The molecule has 7 nitrogen and oxygen atoms in total. The fourth-order valence-electron chi connectivity index (χ4n) is 3.49. The third kappa shape index (κ3) is 7.23. The third-order valence-corrected chi connectivity index (χ3v) is 5.87. The van der Waals surface area contributed by atoms with Crippen molar-refractivity contribution >= 4 is 17.5 Å². The van der Waals surface area contributed by atoms with Gasteiger partial charge in [0.05, 0.1) is 18.3 Å². The minimum absolute atomic E-state index is 0.0870. The Morgan fingerprint density at radius 2 is 1.94 bits per heavy atom. The normalized spacial score (nSPS) is 11.0. The monoisotopic (exact) mass is 485 g/mol. The van der Waals surface area contributed by atoms with Crippen molar-refractivity contribution in [1.29, 1.82) is 0 Å². The highest BCUT2D eigenvalue weighted by atomic mass is 35.5. The van der Waals surface area contributed by atoms with Crippen molar-refractivity contribution in [3.05, 3.63) is 65.1 Å². The van der Waals surface area contributed by atoms with Gasteiger partial charge in [0.2, 0.25) is 5.91 Å². The summed E-state index contributed by atoms with van der Waals surface area (Å²) in [7, 11) is 1.61. The van der Waals surface area contributed by atoms with Gasteiger partial charge in [-0.1, -0.05) is 43.6 Å². The molecule has 0 fully saturated rings. The maximum atomic E-state index is 12.3. The summed E-state index contributed by atoms with van der Waals surface area (Å²) in [6.07, 6.45) is 2.30. The molecule has 0 saturated carbocycles. The molecule has 34 heavy (non-hydrogen) atoms. The van der Waals surface area contributed by atoms with Crippen LogP contribution >= 0.6 is 11.6 Å². The molecule has 0 aliphatic heterocycles. The van der Waals surface area contributed by atoms with Gasteiger partial charge in [-0.3, -0.25) is 4.79 Å². The van der Waals surface area contributed by atoms with Gasteiger partial charge in [0.25, 0.3) is 0 Å². The van der Waals surface area contributed by atoms with Gasteiger partial charge in [0.1, 0.15) is 6.61 Å². The van der Waals surface area contributed by atoms with Crippen LogP contribution in [-0.4, -0.2) is 49.1 Å². The predicted octanol–water partition coefficient (Wildman–Crippen LogP) is 4.97. The molecule has 0 saturated heterocycles. The number of carbonyl (C=O) groups excluding carboxylic acids is 1. The van der Waals surface area contributed by atoms with Gasteiger partial charge in [0.15, 0.2) is 23.1 Å². The third-order valence-electron chi connectivity index (χ3n) is 5.54. The van der Waals surface area contributed by atoms with E-state index in [1.165, 1.54) is 0 Å². The molecule has 0 aliphatic carbocycles. The van der Waals surface area contributed by atoms with E-state index in [-0.39, 0.29) is 12.3 Å². The number of hydrogen-bond acceptors (Lipinski definition) is 6. The molecule has 0 bridgehead atoms. The molecule has 1 amide bonds. The van der Waals surface area contributed by atoms with E-state index in [1.807, 2.05) is 36.4 Å². The lowest BCUT2D eigenvalue weighted by molar-refractivity contribution is -0.121. The molecular weight excluding hydrogens is 454 g/mol. The first-order chi connectivity index (χ1) is 16.5. The first-order valence-electron chi connectivity index (χ1n) is 11.5. The average molecular weight is 486 g/mol. The molecule has 0 atom stereocenters. The Hall–Kier alpha value is -3.03. The lowest BCUT2D eigenvalue weighted by Crippen LogP contribution is -2.28. The Bertz CT molecular complexity index is 1070. The van der Waals surface area contributed by atoms with Crippen LogP contribution < -0.4 is 14.8 Å². The lowest BCUT2D eigenvalue weighted by atomic mass is 10.2. The predicted molar refractivity (Wildman–Crippen MR) is 133 cm³/mol. The van der Waals surface area contributed by atoms with Crippen LogP contribution in [0.1, 0.15) is 31.7 Å². The van der Waals surface area contributed by atoms with Gasteiger partial charge >= 0.3 is 0 Å². The van der Waals surface area contributed by atoms with Crippen LogP contribution in [0, 0.1) is 0 Å². The topological polar surface area (TPSA) is 76.8 Å². The van der Waals surface area contributed by atoms with Crippen LogP contribution in [0.2, 0.25) is 5.02 Å². The number of amides is 1. The number of nitrogens with one attached hydrogen (secondary N) is 1. The molecule has 1 heterocycles. The molecule has 0 unspecified atom stereocenters. The Labute approximate surface area is 206 Å². The number of rotatable bonds is 13. The summed E-state index contributed by atoms with van der Waals surface area (Å²) in [5.74, 6) is 2.35. The second kappa shape index (κ2) is 13.0. The molecule has 3 aromatic rings. The van der Waals surface area contributed by atoms with Crippen LogP contribution in [-0.2, 0) is 17.8 Å². The summed E-state index contributed by atoms with van der Waals surface area (Å²) >= 11 is 6.21. The summed E-state index contributed by atoms with van der Waals surface area (Å²) in [6.45, 7) is 8.10. The number of aromatic nitrogens is 1. The second-order valence-corrected chi connectivity index (χ2v) is 8.14. The fourth-order valence-corrected chi connectivity index (χ4v) is 3.72. The number of halogens is 1. The van der Waals surface area contributed by atoms with Crippen molar-refractivity contribution < 1.29 is 18.7 Å². The minimum Gasteiger partial charge on any atom is -0.493 e. The number of benzene rings is 2. The molecule has 3 rings (SSSR count). The van der Waals surface area contributed by atoms with Gasteiger partial charge in [-0.15, -0.1) is 0 Å². The molecule has 0 aliphatic rings. The Balaban J connectivity index is 1.47. The lowest BCUT2D eigenvalue weighted by Gasteiger charge is -2.19. The van der Waals surface area contributed by atoms with Gasteiger partial charge in [-0.2, -0.15) is 0 Å². The van der Waals surface area contributed by atoms with E-state index in [9.17, 15) is 4.79 Å². The van der Waals surface area contributed by atoms with Gasteiger partial charge < -0.3 is 24.1 Å². The smallest absolute Gasteiger partial charge is 0.220 e. The average Bonchev–Trinajstić information content (AvgIpc) is 3.33. The van der Waals surface area contributed by atoms with E-state index >= 15 is 0 Å². The first-order valence-corrected chi connectivity index (χ1v) is 11.9. The molecule has 1 aromatic heterocycles.